The average molecular weight is 792 g/mol. The van der Waals surface area contributed by atoms with E-state index in [1.807, 2.05) is 18.6 Å². The third kappa shape index (κ3) is 18.2. The summed E-state index contributed by atoms with van der Waals surface area (Å²) in [5, 5.41) is 26.9. The molecule has 6 N–H and O–H groups in total. The SMILES string of the molecule is CCCCOC(=O)c1ccc(O)cc1.CCCOC(=O)c1ccc(O)cc1.CCOC(=O)c1ccc(O)cc1.O.O=C1NS(=O)(=O)c2ccccc21.[H-].[H-].[H-].[Mg+2].[Na+]. The van der Waals surface area contributed by atoms with Crippen LogP contribution in [0.1, 0.15) is 85.7 Å². The Balaban J connectivity index is -0.000000204. The van der Waals surface area contributed by atoms with E-state index < -0.39 is 15.9 Å². The Morgan fingerprint density at radius 3 is 1.39 bits per heavy atom. The summed E-state index contributed by atoms with van der Waals surface area (Å²) in [4.78, 5) is 44.6. The number of ether oxygens (including phenoxy) is 3. The number of amides is 1. The molecule has 1 heterocycles. The van der Waals surface area contributed by atoms with Crippen molar-refractivity contribution in [3.8, 4) is 17.2 Å². The summed E-state index contributed by atoms with van der Waals surface area (Å²) >= 11 is 0. The summed E-state index contributed by atoms with van der Waals surface area (Å²) in [6.45, 7) is 6.96. The number of carbonyl (C=O) groups is 4. The van der Waals surface area contributed by atoms with Gasteiger partial charge in [0, 0.05) is 0 Å². The minimum absolute atomic E-state index is 0. The summed E-state index contributed by atoms with van der Waals surface area (Å²) in [6, 6.07) is 24.1. The molecule has 286 valence electrons. The molecule has 0 atom stereocenters. The number of sulfonamides is 1. The summed E-state index contributed by atoms with van der Waals surface area (Å²) in [5.41, 5.74) is 1.61. The molecule has 0 fully saturated rings. The second-order valence-electron chi connectivity index (χ2n) is 10.4. The van der Waals surface area contributed by atoms with Gasteiger partial charge in [-0.3, -0.25) is 4.79 Å². The van der Waals surface area contributed by atoms with E-state index in [4.69, 9.17) is 29.5 Å². The van der Waals surface area contributed by atoms with E-state index >= 15 is 0 Å². The molecule has 0 unspecified atom stereocenters. The predicted molar refractivity (Wildman–Crippen MR) is 200 cm³/mol. The molecule has 0 bridgehead atoms. The second kappa shape index (κ2) is 27.4. The van der Waals surface area contributed by atoms with Crippen LogP contribution in [0.5, 0.6) is 17.2 Å². The van der Waals surface area contributed by atoms with E-state index in [2.05, 4.69) is 0 Å². The molecule has 54 heavy (non-hydrogen) atoms. The number of hydrogen-bond donors (Lipinski definition) is 4. The Bertz CT molecular complexity index is 1860. The molecule has 4 aromatic carbocycles. The largest absolute Gasteiger partial charge is 2.00 e. The number of fused-ring (bicyclic) bond motifs is 1. The minimum Gasteiger partial charge on any atom is -1.00 e. The monoisotopic (exact) mass is 791 g/mol. The Morgan fingerprint density at radius 1 is 0.630 bits per heavy atom. The van der Waals surface area contributed by atoms with Crippen LogP contribution in [0.25, 0.3) is 0 Å². The number of benzene rings is 4. The first kappa shape index (κ1) is 51.9. The van der Waals surface area contributed by atoms with Gasteiger partial charge in [-0.05, 0) is 105 Å². The number of unbranched alkanes of at least 4 members (excludes halogenated alkanes) is 1. The van der Waals surface area contributed by atoms with Crippen molar-refractivity contribution < 1.29 is 96.4 Å². The summed E-state index contributed by atoms with van der Waals surface area (Å²) in [7, 11) is -3.55. The molecule has 0 aromatic heterocycles. The van der Waals surface area contributed by atoms with Crippen LogP contribution in [-0.4, -0.2) is 95.9 Å². The molecular formula is C37H46MgNNaO13S. The fourth-order valence-electron chi connectivity index (χ4n) is 3.80. The van der Waals surface area contributed by atoms with Gasteiger partial charge in [0.1, 0.15) is 22.1 Å². The summed E-state index contributed by atoms with van der Waals surface area (Å²) in [5.74, 6) is -1.16. The van der Waals surface area contributed by atoms with Gasteiger partial charge in [0.2, 0.25) is 0 Å². The zero-order chi connectivity index (χ0) is 37.8. The molecule has 0 aliphatic carbocycles. The van der Waals surface area contributed by atoms with Crippen molar-refractivity contribution in [1.29, 1.82) is 0 Å². The Hall–Kier alpha value is -4.16. The number of phenols is 3. The van der Waals surface area contributed by atoms with Crippen molar-refractivity contribution in [3.05, 3.63) is 119 Å². The third-order valence-electron chi connectivity index (χ3n) is 6.40. The van der Waals surface area contributed by atoms with Gasteiger partial charge in [-0.15, -0.1) is 0 Å². The topological polar surface area (TPSA) is 234 Å². The first-order valence-electron chi connectivity index (χ1n) is 15.9. The van der Waals surface area contributed by atoms with Crippen LogP contribution in [-0.2, 0) is 24.2 Å². The maximum Gasteiger partial charge on any atom is 2.00 e. The molecule has 1 amide bonds. The molecule has 0 spiro atoms. The van der Waals surface area contributed by atoms with Crippen molar-refractivity contribution in [3.63, 3.8) is 0 Å². The van der Waals surface area contributed by atoms with Gasteiger partial charge in [-0.25, -0.2) is 27.5 Å². The zero-order valence-electron chi connectivity index (χ0n) is 33.6. The summed E-state index contributed by atoms with van der Waals surface area (Å²) in [6.07, 6.45) is 2.69. The van der Waals surface area contributed by atoms with Crippen LogP contribution in [0.4, 0.5) is 0 Å². The normalized spacial score (nSPS) is 11.1. The Labute approximate surface area is 357 Å². The van der Waals surface area contributed by atoms with Crippen molar-refractivity contribution in [1.82, 2.24) is 4.72 Å². The van der Waals surface area contributed by atoms with Gasteiger partial charge in [-0.2, -0.15) is 0 Å². The fourth-order valence-corrected chi connectivity index (χ4v) is 4.97. The molecule has 17 heteroatoms. The molecule has 0 radical (unpaired) electrons. The second-order valence-corrected chi connectivity index (χ2v) is 12.1. The maximum atomic E-state index is 11.3. The van der Waals surface area contributed by atoms with E-state index in [9.17, 15) is 27.6 Å². The molecule has 0 saturated carbocycles. The Kier molecular flexibility index (Phi) is 26.4. The first-order valence-corrected chi connectivity index (χ1v) is 17.4. The van der Waals surface area contributed by atoms with E-state index in [1.165, 1.54) is 72.8 Å². The molecule has 0 saturated heterocycles. The average Bonchev–Trinajstić information content (AvgIpc) is 3.36. The van der Waals surface area contributed by atoms with E-state index in [1.54, 1.807) is 31.2 Å². The van der Waals surface area contributed by atoms with Crippen molar-refractivity contribution in [2.75, 3.05) is 19.8 Å². The van der Waals surface area contributed by atoms with Crippen LogP contribution >= 0.6 is 0 Å². The van der Waals surface area contributed by atoms with Gasteiger partial charge in [-0.1, -0.05) is 32.4 Å². The van der Waals surface area contributed by atoms with Crippen molar-refractivity contribution >= 4 is 56.9 Å². The number of aromatic hydroxyl groups is 3. The van der Waals surface area contributed by atoms with Crippen LogP contribution in [0.15, 0.2) is 102 Å². The number of nitrogens with one attached hydrogen (secondary N) is 1. The van der Waals surface area contributed by atoms with Gasteiger partial charge < -0.3 is 39.3 Å². The van der Waals surface area contributed by atoms with Crippen LogP contribution in [0.2, 0.25) is 0 Å². The van der Waals surface area contributed by atoms with Crippen molar-refractivity contribution in [2.24, 2.45) is 0 Å². The van der Waals surface area contributed by atoms with E-state index in [0.717, 1.165) is 19.3 Å². The van der Waals surface area contributed by atoms with E-state index in [0.29, 0.717) is 36.5 Å². The van der Waals surface area contributed by atoms with Crippen molar-refractivity contribution in [2.45, 2.75) is 44.9 Å². The molecule has 4 aromatic rings. The number of carbonyl (C=O) groups excluding carboxylic acids is 4. The van der Waals surface area contributed by atoms with Crippen LogP contribution in [0.3, 0.4) is 0 Å². The van der Waals surface area contributed by atoms with Gasteiger partial charge in [0.05, 0.1) is 42.1 Å². The minimum atomic E-state index is -3.55. The zero-order valence-corrected chi connectivity index (χ0v) is 34.8. The predicted octanol–water partition coefficient (Wildman–Crippen LogP) is 2.13. The van der Waals surface area contributed by atoms with E-state index in [-0.39, 0.29) is 108 Å². The van der Waals surface area contributed by atoms with Gasteiger partial charge in [0.25, 0.3) is 15.9 Å². The molecular weight excluding hydrogens is 746 g/mol. The first-order chi connectivity index (χ1) is 24.3. The van der Waals surface area contributed by atoms with Gasteiger partial charge >= 0.3 is 70.5 Å². The Morgan fingerprint density at radius 2 is 1.02 bits per heavy atom. The number of phenolic OH excluding ortho intramolecular Hbond substituents is 3. The van der Waals surface area contributed by atoms with Crippen LogP contribution in [0, 0.1) is 0 Å². The molecule has 14 nitrogen and oxygen atoms in total. The standard InChI is InChI=1S/C11H14O3.C10H12O3.C9H10O3.C7H5NO3S.Mg.Na.H2O.3H/c1-2-3-8-14-11(13)9-4-6-10(12)7-5-9;1-2-7-13-10(12)8-3-5-9(11)6-4-8;1-2-12-9(11)7-3-5-8(10)6-4-7;9-7-5-3-1-2-4-6(5)12(10,11)8-7;;;;;;/h4-7,12H,2-3,8H2,1H3;3-6,11H,2,7H2,1H3;3-6,10H,2H2,1H3;1-4H,(H,8,9);;;1H2;;;/q;;;;+2;+1;;3*-1. The molecule has 5 rings (SSSR count). The molecule has 1 aliphatic rings. The summed E-state index contributed by atoms with van der Waals surface area (Å²) < 4.78 is 38.8. The number of rotatable bonds is 9. The third-order valence-corrected chi connectivity index (χ3v) is 7.79. The number of hydrogen-bond acceptors (Lipinski definition) is 12. The quantitative estimate of drug-likeness (QED) is 0.0827. The molecule has 1 aliphatic heterocycles. The van der Waals surface area contributed by atoms with Crippen LogP contribution < -0.4 is 34.3 Å². The maximum absolute atomic E-state index is 11.3. The van der Waals surface area contributed by atoms with Gasteiger partial charge in [0.15, 0.2) is 0 Å². The number of esters is 3. The fraction of sp³-hybridized carbons (Fsp3) is 0.243. The smallest absolute Gasteiger partial charge is 1.00 e.